The molecule has 0 unspecified atom stereocenters. The Balaban J connectivity index is 1.30. The number of fused-ring (bicyclic) bond motifs is 3. The molecule has 0 spiro atoms. The first-order chi connectivity index (χ1) is 14.7. The van der Waals surface area contributed by atoms with E-state index in [9.17, 15) is 15.0 Å². The van der Waals surface area contributed by atoms with Gasteiger partial charge in [-0.3, -0.25) is 4.79 Å². The lowest BCUT2D eigenvalue weighted by Crippen LogP contribution is -2.59. The number of rotatable bonds is 2. The molecule has 5 heteroatoms. The number of nitrogens with one attached hydrogen (secondary N) is 1. The third-order valence-electron chi connectivity index (χ3n) is 9.26. The van der Waals surface area contributed by atoms with Crippen molar-refractivity contribution in [2.45, 2.75) is 94.8 Å². The summed E-state index contributed by atoms with van der Waals surface area (Å²) >= 11 is 0. The van der Waals surface area contributed by atoms with E-state index in [1.807, 2.05) is 6.07 Å². The smallest absolute Gasteiger partial charge is 0.251 e. The van der Waals surface area contributed by atoms with Crippen LogP contribution in [0.25, 0.3) is 0 Å². The molecule has 1 heterocycles. The molecular weight excluding hydrogens is 390 g/mol. The van der Waals surface area contributed by atoms with E-state index in [1.54, 1.807) is 6.07 Å². The van der Waals surface area contributed by atoms with Crippen molar-refractivity contribution < 1.29 is 19.7 Å². The van der Waals surface area contributed by atoms with Gasteiger partial charge in [0, 0.05) is 28.5 Å². The predicted octanol–water partition coefficient (Wildman–Crippen LogP) is 4.51. The molecule has 6 aliphatic rings. The SMILES string of the molecule is CC1(C)Oc2cc(C(=O)NC34CC5CC(CC(C5)C3)C4)cc(O)c2[C@@H]2C[C@@H](O)CC[C@H]21. The van der Waals surface area contributed by atoms with Crippen molar-refractivity contribution in [2.24, 2.45) is 23.7 Å². The molecule has 1 aromatic rings. The van der Waals surface area contributed by atoms with E-state index in [4.69, 9.17) is 4.74 Å². The van der Waals surface area contributed by atoms with Crippen LogP contribution in [-0.4, -0.2) is 33.4 Å². The van der Waals surface area contributed by atoms with Crippen LogP contribution in [0.2, 0.25) is 0 Å². The number of hydrogen-bond acceptors (Lipinski definition) is 4. The number of carbonyl (C=O) groups excluding carboxylic acids is 1. The largest absolute Gasteiger partial charge is 0.507 e. The predicted molar refractivity (Wildman–Crippen MR) is 117 cm³/mol. The van der Waals surface area contributed by atoms with E-state index in [0.29, 0.717) is 17.7 Å². The van der Waals surface area contributed by atoms with Crippen LogP contribution in [0.4, 0.5) is 0 Å². The van der Waals surface area contributed by atoms with Gasteiger partial charge >= 0.3 is 0 Å². The molecule has 7 rings (SSSR count). The van der Waals surface area contributed by atoms with E-state index in [-0.39, 0.29) is 40.7 Å². The minimum absolute atomic E-state index is 0.0581. The molecule has 1 aliphatic heterocycles. The summed E-state index contributed by atoms with van der Waals surface area (Å²) in [6.45, 7) is 4.18. The molecule has 5 fully saturated rings. The van der Waals surface area contributed by atoms with Crippen LogP contribution < -0.4 is 10.1 Å². The summed E-state index contributed by atoms with van der Waals surface area (Å²) in [6.07, 6.45) is 9.27. The molecule has 3 N–H and O–H groups in total. The van der Waals surface area contributed by atoms with Gasteiger partial charge in [0.2, 0.25) is 0 Å². The maximum absolute atomic E-state index is 13.3. The molecule has 3 atom stereocenters. The molecule has 0 radical (unpaired) electrons. The van der Waals surface area contributed by atoms with E-state index < -0.39 is 0 Å². The number of ether oxygens (including phenoxy) is 1. The first-order valence-corrected chi connectivity index (χ1v) is 12.3. The van der Waals surface area contributed by atoms with E-state index in [2.05, 4.69) is 19.2 Å². The van der Waals surface area contributed by atoms with Gasteiger partial charge in [-0.25, -0.2) is 0 Å². The Morgan fingerprint density at radius 3 is 2.32 bits per heavy atom. The van der Waals surface area contributed by atoms with Gasteiger partial charge in [0.15, 0.2) is 0 Å². The molecule has 0 saturated heterocycles. The zero-order valence-corrected chi connectivity index (χ0v) is 18.7. The quantitative estimate of drug-likeness (QED) is 0.652. The Bertz CT molecular complexity index is 887. The molecule has 1 amide bonds. The van der Waals surface area contributed by atoms with Gasteiger partial charge in [0.25, 0.3) is 5.91 Å². The van der Waals surface area contributed by atoms with Crippen molar-refractivity contribution in [1.82, 2.24) is 5.32 Å². The highest BCUT2D eigenvalue weighted by Gasteiger charge is 2.52. The van der Waals surface area contributed by atoms with Gasteiger partial charge in [-0.15, -0.1) is 0 Å². The van der Waals surface area contributed by atoms with Gasteiger partial charge in [0.05, 0.1) is 6.10 Å². The second kappa shape index (κ2) is 6.63. The average molecular weight is 426 g/mol. The van der Waals surface area contributed by atoms with Crippen molar-refractivity contribution in [1.29, 1.82) is 0 Å². The number of hydrogen-bond donors (Lipinski definition) is 3. The first-order valence-electron chi connectivity index (χ1n) is 12.3. The summed E-state index contributed by atoms with van der Waals surface area (Å²) in [5, 5.41) is 24.7. The summed E-state index contributed by atoms with van der Waals surface area (Å²) in [4.78, 5) is 13.3. The van der Waals surface area contributed by atoms with Crippen LogP contribution in [0.1, 0.15) is 93.5 Å². The fourth-order valence-corrected chi connectivity index (χ4v) is 8.44. The molecule has 5 saturated carbocycles. The molecule has 31 heavy (non-hydrogen) atoms. The highest BCUT2D eigenvalue weighted by Crippen LogP contribution is 2.56. The van der Waals surface area contributed by atoms with Gasteiger partial charge in [-0.1, -0.05) is 0 Å². The number of aromatic hydroxyl groups is 1. The number of phenols is 1. The summed E-state index contributed by atoms with van der Waals surface area (Å²) < 4.78 is 6.37. The molecule has 168 valence electrons. The molecule has 4 bridgehead atoms. The number of benzene rings is 1. The second-order valence-corrected chi connectivity index (χ2v) is 11.9. The summed E-state index contributed by atoms with van der Waals surface area (Å²) in [5.41, 5.74) is 0.807. The minimum Gasteiger partial charge on any atom is -0.507 e. The maximum Gasteiger partial charge on any atom is 0.251 e. The first kappa shape index (κ1) is 19.9. The third-order valence-corrected chi connectivity index (χ3v) is 9.26. The van der Waals surface area contributed by atoms with Crippen LogP contribution >= 0.6 is 0 Å². The Morgan fingerprint density at radius 1 is 1.03 bits per heavy atom. The number of amides is 1. The van der Waals surface area contributed by atoms with Crippen molar-refractivity contribution >= 4 is 5.91 Å². The highest BCUT2D eigenvalue weighted by atomic mass is 16.5. The van der Waals surface area contributed by atoms with E-state index in [1.165, 1.54) is 19.3 Å². The normalized spacial score (nSPS) is 41.8. The second-order valence-electron chi connectivity index (χ2n) is 11.9. The van der Waals surface area contributed by atoms with Crippen LogP contribution in [0.15, 0.2) is 12.1 Å². The average Bonchev–Trinajstić information content (AvgIpc) is 2.65. The maximum atomic E-state index is 13.3. The lowest BCUT2D eigenvalue weighted by atomic mass is 9.53. The molecule has 5 aliphatic carbocycles. The van der Waals surface area contributed by atoms with Crippen molar-refractivity contribution in [2.75, 3.05) is 0 Å². The zero-order chi connectivity index (χ0) is 21.5. The van der Waals surface area contributed by atoms with Gasteiger partial charge in [-0.05, 0) is 102 Å². The number of carbonyl (C=O) groups is 1. The van der Waals surface area contributed by atoms with Crippen molar-refractivity contribution in [3.05, 3.63) is 23.3 Å². The van der Waals surface area contributed by atoms with Crippen LogP contribution in [-0.2, 0) is 0 Å². The monoisotopic (exact) mass is 425 g/mol. The molecule has 0 aromatic heterocycles. The summed E-state index contributed by atoms with van der Waals surface area (Å²) in [7, 11) is 0. The fourth-order valence-electron chi connectivity index (χ4n) is 8.44. The van der Waals surface area contributed by atoms with Crippen molar-refractivity contribution in [3.8, 4) is 11.5 Å². The number of aliphatic hydroxyl groups excluding tert-OH is 1. The topological polar surface area (TPSA) is 78.8 Å². The standard InChI is InChI=1S/C26H35NO4/c1-25(2)20-4-3-18(28)10-19(20)23-21(29)8-17(9-22(23)31-25)24(30)27-26-11-14-5-15(12-26)7-16(6-14)13-26/h8-9,14-16,18-20,28-29H,3-7,10-13H2,1-2H3,(H,27,30)/t14?,15?,16?,18-,19+,20+,26?/m0/s1. The lowest BCUT2D eigenvalue weighted by molar-refractivity contribution is -0.0318. The third kappa shape index (κ3) is 3.18. The minimum atomic E-state index is -0.390. The van der Waals surface area contributed by atoms with E-state index in [0.717, 1.165) is 55.4 Å². The Kier molecular flexibility index (Phi) is 4.26. The van der Waals surface area contributed by atoms with Gasteiger partial charge in [-0.2, -0.15) is 0 Å². The van der Waals surface area contributed by atoms with Gasteiger partial charge < -0.3 is 20.3 Å². The highest BCUT2D eigenvalue weighted by molar-refractivity contribution is 5.96. The number of phenolic OH excluding ortho intramolecular Hbond substituents is 1. The van der Waals surface area contributed by atoms with Crippen LogP contribution in [0.3, 0.4) is 0 Å². The Hall–Kier alpha value is -1.75. The molecular formula is C26H35NO4. The number of aliphatic hydroxyl groups is 1. The Labute approximate surface area is 184 Å². The van der Waals surface area contributed by atoms with Crippen molar-refractivity contribution in [3.63, 3.8) is 0 Å². The summed E-state index contributed by atoms with van der Waals surface area (Å²) in [5.74, 6) is 3.26. The fraction of sp³-hybridized carbons (Fsp3) is 0.731. The Morgan fingerprint density at radius 2 is 1.68 bits per heavy atom. The summed E-state index contributed by atoms with van der Waals surface area (Å²) in [6, 6.07) is 3.44. The lowest BCUT2D eigenvalue weighted by Gasteiger charge is -2.56. The van der Waals surface area contributed by atoms with E-state index >= 15 is 0 Å². The van der Waals surface area contributed by atoms with Gasteiger partial charge in [0.1, 0.15) is 17.1 Å². The molecule has 5 nitrogen and oxygen atoms in total. The zero-order valence-electron chi connectivity index (χ0n) is 18.7. The molecule has 1 aromatic carbocycles. The van der Waals surface area contributed by atoms with Crippen LogP contribution in [0, 0.1) is 23.7 Å². The van der Waals surface area contributed by atoms with Crippen LogP contribution in [0.5, 0.6) is 11.5 Å².